The Kier molecular flexibility index (Phi) is 24.3. The number of fused-ring (bicyclic) bond motifs is 1. The van der Waals surface area contributed by atoms with E-state index in [-0.39, 0.29) is 164 Å². The van der Waals surface area contributed by atoms with Crippen molar-refractivity contribution < 1.29 is 163 Å². The zero-order valence-corrected chi connectivity index (χ0v) is 42.4. The maximum absolute atomic E-state index is 2.38. The molecule has 0 radical (unpaired) electrons. The molecule has 1 unspecified atom stereocenters. The number of benzene rings is 1. The van der Waals surface area contributed by atoms with Crippen molar-refractivity contribution in [3.8, 4) is 0 Å². The van der Waals surface area contributed by atoms with Crippen LogP contribution in [0.4, 0.5) is 5.69 Å². The molecule has 1 heterocycles. The van der Waals surface area contributed by atoms with Gasteiger partial charge in [-0.15, -0.1) is 0 Å². The first kappa shape index (κ1) is 38.7. The Morgan fingerprint density at radius 1 is 0.792 bits per heavy atom. The van der Waals surface area contributed by atoms with Gasteiger partial charge in [0.2, 0.25) is 5.69 Å². The SMILES string of the molecule is C[CH-]C1(C)C(C)=[N+](C)c2c(C)c(C)c(C)c(C)c21.[Hf].[Hf].[Hg].[Hg].[Hg].[I-]. The van der Waals surface area contributed by atoms with Crippen LogP contribution in [-0.4, -0.2) is 17.3 Å². The summed E-state index contributed by atoms with van der Waals surface area (Å²) in [6, 6.07) is 0. The van der Waals surface area contributed by atoms with Gasteiger partial charge in [0.25, 0.3) is 0 Å². The molecule has 0 bridgehead atoms. The normalized spacial score (nSPS) is 17.0. The van der Waals surface area contributed by atoms with Gasteiger partial charge in [-0.1, -0.05) is 6.92 Å². The predicted molar refractivity (Wildman–Crippen MR) is 79.2 cm³/mol. The average molecular weight is 1330 g/mol. The van der Waals surface area contributed by atoms with Crippen molar-refractivity contribution in [1.82, 2.24) is 0 Å². The molecule has 24 heavy (non-hydrogen) atoms. The molecule has 0 aromatic heterocycles. The van der Waals surface area contributed by atoms with Crippen LogP contribution in [0, 0.1) is 34.1 Å². The van der Waals surface area contributed by atoms with Gasteiger partial charge in [-0.25, -0.2) is 4.58 Å². The first-order valence-electron chi connectivity index (χ1n) is 6.76. The van der Waals surface area contributed by atoms with Crippen LogP contribution in [-0.2, 0) is 140 Å². The van der Waals surface area contributed by atoms with E-state index in [2.05, 4.69) is 66.5 Å². The summed E-state index contributed by atoms with van der Waals surface area (Å²) in [6.07, 6.45) is 2.34. The second kappa shape index (κ2) is 15.0. The van der Waals surface area contributed by atoms with E-state index in [0.29, 0.717) is 0 Å². The fourth-order valence-corrected chi connectivity index (χ4v) is 3.40. The molecule has 7 heteroatoms. The Labute approximate surface area is 264 Å². The number of rotatable bonds is 1. The second-order valence-electron chi connectivity index (χ2n) is 5.86. The molecular weight excluding hydrogens is 1300 g/mol. The largest absolute Gasteiger partial charge is 1.00 e. The molecule has 1 atom stereocenters. The Hall–Kier alpha value is 4.17. The third-order valence-corrected chi connectivity index (χ3v) is 5.34. The third-order valence-electron chi connectivity index (χ3n) is 5.34. The summed E-state index contributed by atoms with van der Waals surface area (Å²) in [5.74, 6) is 0. The maximum Gasteiger partial charge on any atom is 0.209 e. The molecule has 1 aromatic rings. The van der Waals surface area contributed by atoms with Crippen LogP contribution in [0.3, 0.4) is 0 Å². The standard InChI is InChI=1S/C17H25N.2Hf.3Hg.HI/c1-9-17(7)14(6)18(8)16-13(5)11(3)10(2)12(4)15(16)17;;;;;;/h9H,1-8H3;;;;;;1H/p-1. The zero-order valence-electron chi connectivity index (χ0n) is 16.5. The van der Waals surface area contributed by atoms with Gasteiger partial charge in [-0.3, -0.25) is 0 Å². The summed E-state index contributed by atoms with van der Waals surface area (Å²) in [4.78, 5) is 0. The minimum absolute atomic E-state index is 0. The summed E-state index contributed by atoms with van der Waals surface area (Å²) in [6.45, 7) is 15.8. The topological polar surface area (TPSA) is 3.01 Å². The summed E-state index contributed by atoms with van der Waals surface area (Å²) in [5.41, 5.74) is 10.2. The van der Waals surface area contributed by atoms with Gasteiger partial charge < -0.3 is 30.4 Å². The van der Waals surface area contributed by atoms with Crippen molar-refractivity contribution in [1.29, 1.82) is 0 Å². The monoisotopic (exact) mass is 1340 g/mol. The second-order valence-corrected chi connectivity index (χ2v) is 5.86. The van der Waals surface area contributed by atoms with Crippen molar-refractivity contribution in [2.24, 2.45) is 0 Å². The van der Waals surface area contributed by atoms with E-state index in [1.807, 2.05) is 0 Å². The van der Waals surface area contributed by atoms with Gasteiger partial charge in [0.05, 0.1) is 0 Å². The Morgan fingerprint density at radius 2 is 1.17 bits per heavy atom. The van der Waals surface area contributed by atoms with Crippen LogP contribution in [0.2, 0.25) is 0 Å². The Balaban J connectivity index is -0.000000201. The van der Waals surface area contributed by atoms with Crippen LogP contribution in [0.25, 0.3) is 0 Å². The minimum Gasteiger partial charge on any atom is -1.00 e. The van der Waals surface area contributed by atoms with E-state index in [9.17, 15) is 0 Å². The van der Waals surface area contributed by atoms with Crippen molar-refractivity contribution in [3.05, 3.63) is 34.2 Å². The van der Waals surface area contributed by atoms with Crippen molar-refractivity contribution >= 4 is 11.4 Å². The summed E-state index contributed by atoms with van der Waals surface area (Å²) >= 11 is 0. The van der Waals surface area contributed by atoms with Gasteiger partial charge in [0.15, 0.2) is 0 Å². The Bertz CT molecular complexity index is 592. The fraction of sp³-hybridized carbons (Fsp3) is 0.529. The van der Waals surface area contributed by atoms with E-state index in [0.717, 1.165) is 0 Å². The van der Waals surface area contributed by atoms with Gasteiger partial charge in [0.1, 0.15) is 12.8 Å². The van der Waals surface area contributed by atoms with Crippen LogP contribution in [0.1, 0.15) is 48.6 Å². The number of halogens is 1. The number of hydrogen-bond acceptors (Lipinski definition) is 0. The van der Waals surface area contributed by atoms with E-state index >= 15 is 0 Å². The predicted octanol–water partition coefficient (Wildman–Crippen LogP) is 1.14. The van der Waals surface area contributed by atoms with Gasteiger partial charge in [-0.05, 0) is 49.8 Å². The van der Waals surface area contributed by atoms with Crippen LogP contribution >= 0.6 is 0 Å². The summed E-state index contributed by atoms with van der Waals surface area (Å²) in [5, 5.41) is 0. The molecular formula is C17H25Hf2Hg3IN-. The molecule has 0 saturated heterocycles. The molecule has 0 amide bonds. The third kappa shape index (κ3) is 6.33. The molecule has 120 valence electrons. The molecule has 0 saturated carbocycles. The van der Waals surface area contributed by atoms with Gasteiger partial charge in [0, 0.05) is 153 Å². The van der Waals surface area contributed by atoms with Crippen LogP contribution < -0.4 is 24.0 Å². The number of hydrogen-bond donors (Lipinski definition) is 0. The van der Waals surface area contributed by atoms with E-state index < -0.39 is 0 Å². The first-order valence-corrected chi connectivity index (χ1v) is 6.76. The molecule has 1 aliphatic heterocycles. The quantitative estimate of drug-likeness (QED) is 0.172. The van der Waals surface area contributed by atoms with Crippen LogP contribution in [0.5, 0.6) is 0 Å². The van der Waals surface area contributed by atoms with E-state index in [4.69, 9.17) is 0 Å². The van der Waals surface area contributed by atoms with Gasteiger partial charge >= 0.3 is 0 Å². The summed E-state index contributed by atoms with van der Waals surface area (Å²) in [7, 11) is 2.20. The fourth-order valence-electron chi connectivity index (χ4n) is 3.40. The molecule has 0 aliphatic carbocycles. The number of nitrogens with zero attached hydrogens (tertiary/aromatic N) is 1. The van der Waals surface area contributed by atoms with Crippen molar-refractivity contribution in [2.45, 2.75) is 53.9 Å². The molecule has 0 fully saturated rings. The molecule has 0 N–H and O–H groups in total. The van der Waals surface area contributed by atoms with Gasteiger partial charge in [-0.2, -0.15) is 6.92 Å². The molecule has 1 aliphatic rings. The minimum atomic E-state index is 0. The summed E-state index contributed by atoms with van der Waals surface area (Å²) < 4.78 is 2.38. The first-order chi connectivity index (χ1) is 8.27. The van der Waals surface area contributed by atoms with E-state index in [1.54, 1.807) is 0 Å². The molecule has 1 aromatic carbocycles. The Morgan fingerprint density at radius 3 is 1.54 bits per heavy atom. The average Bonchev–Trinajstić information content (AvgIpc) is 2.56. The molecule has 0 spiro atoms. The zero-order chi connectivity index (χ0) is 13.8. The maximum atomic E-state index is 2.38. The smallest absolute Gasteiger partial charge is 0.209 e. The van der Waals surface area contributed by atoms with Crippen LogP contribution in [0.15, 0.2) is 0 Å². The van der Waals surface area contributed by atoms with Crippen molar-refractivity contribution in [2.75, 3.05) is 7.05 Å². The van der Waals surface area contributed by atoms with E-state index in [1.165, 1.54) is 39.2 Å². The molecule has 2 rings (SSSR count). The molecule has 1 nitrogen and oxygen atoms in total. The van der Waals surface area contributed by atoms with Crippen molar-refractivity contribution in [3.63, 3.8) is 0 Å².